The number of rotatable bonds is 8. The average molecular weight is 394 g/mol. The normalized spacial score (nSPS) is 11.7. The molecule has 0 bridgehead atoms. The summed E-state index contributed by atoms with van der Waals surface area (Å²) in [6.45, 7) is 4.92. The minimum atomic E-state index is 0.00298. The fraction of sp³-hybridized carbons (Fsp3) is 0.200. The second-order valence-electron chi connectivity index (χ2n) is 6.08. The van der Waals surface area contributed by atoms with Gasteiger partial charge in [-0.2, -0.15) is 5.10 Å². The molecule has 0 unspecified atom stereocenters. The van der Waals surface area contributed by atoms with Gasteiger partial charge in [-0.05, 0) is 59.1 Å². The van der Waals surface area contributed by atoms with Gasteiger partial charge in [-0.15, -0.1) is 5.10 Å². The molecule has 150 valence electrons. The lowest BCUT2D eigenvalue weighted by atomic mass is 10.1. The van der Waals surface area contributed by atoms with Gasteiger partial charge in [-0.3, -0.25) is 0 Å². The molecule has 9 nitrogen and oxygen atoms in total. The van der Waals surface area contributed by atoms with Crippen molar-refractivity contribution >= 4 is 17.9 Å². The number of nitrogen functional groups attached to an aromatic ring is 1. The molecule has 0 amide bonds. The number of amidine groups is 1. The van der Waals surface area contributed by atoms with E-state index in [1.807, 2.05) is 43.3 Å². The number of ether oxygens (including phenoxy) is 2. The van der Waals surface area contributed by atoms with Crippen molar-refractivity contribution in [3.05, 3.63) is 64.8 Å². The zero-order chi connectivity index (χ0) is 20.6. The summed E-state index contributed by atoms with van der Waals surface area (Å²) < 4.78 is 16.1. The largest absolute Gasteiger partial charge is 0.490 e. The Morgan fingerprint density at radius 2 is 1.97 bits per heavy atom. The summed E-state index contributed by atoms with van der Waals surface area (Å²) in [5, 5.41) is 14.8. The molecule has 4 N–H and O–H groups in total. The van der Waals surface area contributed by atoms with E-state index in [-0.39, 0.29) is 17.3 Å². The Balaban J connectivity index is 1.73. The SMILES string of the molecule is CCOc1cc(/C=N/N=C(\N)c2nonc2N)ccc1OCc1ccccc1C. The summed E-state index contributed by atoms with van der Waals surface area (Å²) in [5.41, 5.74) is 14.5. The lowest BCUT2D eigenvalue weighted by molar-refractivity contribution is 0.269. The fourth-order valence-electron chi connectivity index (χ4n) is 2.50. The minimum absolute atomic E-state index is 0.00298. The van der Waals surface area contributed by atoms with Crippen molar-refractivity contribution in [1.82, 2.24) is 10.3 Å². The first-order valence-electron chi connectivity index (χ1n) is 8.97. The maximum absolute atomic E-state index is 5.96. The van der Waals surface area contributed by atoms with Crippen molar-refractivity contribution in [1.29, 1.82) is 0 Å². The van der Waals surface area contributed by atoms with Crippen LogP contribution in [0.1, 0.15) is 29.3 Å². The predicted molar refractivity (Wildman–Crippen MR) is 110 cm³/mol. The number of nitrogens with zero attached hydrogens (tertiary/aromatic N) is 4. The Kier molecular flexibility index (Phi) is 6.41. The van der Waals surface area contributed by atoms with Crippen LogP contribution in [0.15, 0.2) is 57.3 Å². The molecule has 0 aliphatic carbocycles. The van der Waals surface area contributed by atoms with Gasteiger partial charge in [-0.1, -0.05) is 24.3 Å². The number of anilines is 1. The lowest BCUT2D eigenvalue weighted by Crippen LogP contribution is -2.15. The van der Waals surface area contributed by atoms with Gasteiger partial charge < -0.3 is 20.9 Å². The first kappa shape index (κ1) is 19.9. The summed E-state index contributed by atoms with van der Waals surface area (Å²) in [7, 11) is 0. The van der Waals surface area contributed by atoms with Crippen LogP contribution in [0.25, 0.3) is 0 Å². The molecule has 1 heterocycles. The van der Waals surface area contributed by atoms with Crippen LogP contribution in [-0.4, -0.2) is 29.0 Å². The zero-order valence-electron chi connectivity index (χ0n) is 16.2. The highest BCUT2D eigenvalue weighted by Crippen LogP contribution is 2.29. The molecule has 0 aliphatic rings. The molecule has 0 spiro atoms. The first-order chi connectivity index (χ1) is 14.1. The molecule has 0 saturated carbocycles. The molecule has 3 aromatic rings. The zero-order valence-corrected chi connectivity index (χ0v) is 16.2. The van der Waals surface area contributed by atoms with E-state index in [4.69, 9.17) is 20.9 Å². The van der Waals surface area contributed by atoms with Gasteiger partial charge >= 0.3 is 0 Å². The summed E-state index contributed by atoms with van der Waals surface area (Å²) in [6, 6.07) is 13.6. The third kappa shape index (κ3) is 5.10. The van der Waals surface area contributed by atoms with Crippen molar-refractivity contribution in [3.63, 3.8) is 0 Å². The van der Waals surface area contributed by atoms with Crippen LogP contribution >= 0.6 is 0 Å². The molecule has 0 aliphatic heterocycles. The Labute approximate surface area is 168 Å². The highest BCUT2D eigenvalue weighted by atomic mass is 16.6. The topological polar surface area (TPSA) is 134 Å². The third-order valence-electron chi connectivity index (χ3n) is 4.04. The van der Waals surface area contributed by atoms with E-state index >= 15 is 0 Å². The first-order valence-corrected chi connectivity index (χ1v) is 8.97. The van der Waals surface area contributed by atoms with Gasteiger partial charge in [0.1, 0.15) is 6.61 Å². The molecule has 2 aromatic carbocycles. The minimum Gasteiger partial charge on any atom is -0.490 e. The number of benzene rings is 2. The molecular weight excluding hydrogens is 372 g/mol. The van der Waals surface area contributed by atoms with Gasteiger partial charge in [0.25, 0.3) is 0 Å². The van der Waals surface area contributed by atoms with Crippen LogP contribution in [0, 0.1) is 6.92 Å². The molecular formula is C20H22N6O3. The molecule has 29 heavy (non-hydrogen) atoms. The van der Waals surface area contributed by atoms with E-state index in [1.54, 1.807) is 0 Å². The van der Waals surface area contributed by atoms with Gasteiger partial charge in [0.05, 0.1) is 12.8 Å². The van der Waals surface area contributed by atoms with E-state index in [0.29, 0.717) is 24.7 Å². The van der Waals surface area contributed by atoms with Crippen LogP contribution in [0.3, 0.4) is 0 Å². The quantitative estimate of drug-likeness (QED) is 0.341. The Hall–Kier alpha value is -3.88. The highest BCUT2D eigenvalue weighted by Gasteiger charge is 2.10. The number of hydrogen-bond acceptors (Lipinski definition) is 8. The summed E-state index contributed by atoms with van der Waals surface area (Å²) in [5.74, 6) is 1.32. The molecule has 0 radical (unpaired) electrons. The van der Waals surface area contributed by atoms with Crippen molar-refractivity contribution in [2.45, 2.75) is 20.5 Å². The van der Waals surface area contributed by atoms with Gasteiger partial charge in [-0.25, -0.2) is 4.63 Å². The Morgan fingerprint density at radius 3 is 2.69 bits per heavy atom. The highest BCUT2D eigenvalue weighted by molar-refractivity contribution is 5.99. The van der Waals surface area contributed by atoms with Gasteiger partial charge in [0.2, 0.25) is 0 Å². The van der Waals surface area contributed by atoms with Crippen molar-refractivity contribution < 1.29 is 14.1 Å². The third-order valence-corrected chi connectivity index (χ3v) is 4.04. The average Bonchev–Trinajstić information content (AvgIpc) is 3.14. The summed E-state index contributed by atoms with van der Waals surface area (Å²) in [6.07, 6.45) is 1.53. The number of nitrogens with two attached hydrogens (primary N) is 2. The van der Waals surface area contributed by atoms with E-state index in [1.165, 1.54) is 11.8 Å². The summed E-state index contributed by atoms with van der Waals surface area (Å²) >= 11 is 0. The number of aromatic nitrogens is 2. The molecule has 0 saturated heterocycles. The molecule has 3 rings (SSSR count). The van der Waals surface area contributed by atoms with E-state index in [0.717, 1.165) is 11.1 Å². The van der Waals surface area contributed by atoms with Crippen LogP contribution in [-0.2, 0) is 6.61 Å². The lowest BCUT2D eigenvalue weighted by Gasteiger charge is -2.13. The predicted octanol–water partition coefficient (Wildman–Crippen LogP) is 2.68. The molecule has 1 aromatic heterocycles. The Bertz CT molecular complexity index is 1030. The van der Waals surface area contributed by atoms with Gasteiger partial charge in [0.15, 0.2) is 28.8 Å². The van der Waals surface area contributed by atoms with Gasteiger partial charge in [0, 0.05) is 0 Å². The van der Waals surface area contributed by atoms with E-state index in [2.05, 4.69) is 38.1 Å². The van der Waals surface area contributed by atoms with Crippen molar-refractivity contribution in [2.75, 3.05) is 12.3 Å². The second-order valence-corrected chi connectivity index (χ2v) is 6.08. The van der Waals surface area contributed by atoms with Crippen LogP contribution < -0.4 is 20.9 Å². The molecule has 0 fully saturated rings. The second kappa shape index (κ2) is 9.36. The van der Waals surface area contributed by atoms with Crippen LogP contribution in [0.4, 0.5) is 5.82 Å². The monoisotopic (exact) mass is 394 g/mol. The van der Waals surface area contributed by atoms with E-state index in [9.17, 15) is 0 Å². The maximum atomic E-state index is 5.96. The van der Waals surface area contributed by atoms with Crippen LogP contribution in [0.2, 0.25) is 0 Å². The molecule has 0 atom stereocenters. The van der Waals surface area contributed by atoms with Crippen LogP contribution in [0.5, 0.6) is 11.5 Å². The van der Waals surface area contributed by atoms with Crippen molar-refractivity contribution in [2.24, 2.45) is 15.9 Å². The molecule has 9 heteroatoms. The fourth-order valence-corrected chi connectivity index (χ4v) is 2.50. The number of hydrogen-bond donors (Lipinski definition) is 2. The standard InChI is InChI=1S/C20H22N6O3/c1-3-27-17-10-14(11-23-24-19(21)18-20(22)26-29-25-18)8-9-16(17)28-12-15-7-5-4-6-13(15)2/h4-11H,3,12H2,1-2H3,(H2,21,24)(H2,22,26)/b23-11+. The Morgan fingerprint density at radius 1 is 1.14 bits per heavy atom. The summed E-state index contributed by atoms with van der Waals surface area (Å²) in [4.78, 5) is 0. The number of aryl methyl sites for hydroxylation is 1. The van der Waals surface area contributed by atoms with E-state index < -0.39 is 0 Å². The maximum Gasteiger partial charge on any atom is 0.199 e. The van der Waals surface area contributed by atoms with Crippen molar-refractivity contribution in [3.8, 4) is 11.5 Å². The smallest absolute Gasteiger partial charge is 0.199 e.